The number of hydrogen-bond donors (Lipinski definition) is 1. The van der Waals surface area contributed by atoms with Gasteiger partial charge in [-0.15, -0.1) is 0 Å². The summed E-state index contributed by atoms with van der Waals surface area (Å²) in [5.74, 6) is 0. The molecule has 0 spiro atoms. The van der Waals surface area contributed by atoms with Gasteiger partial charge in [0.2, 0.25) is 0 Å². The van der Waals surface area contributed by atoms with Crippen molar-refractivity contribution in [3.05, 3.63) is 105 Å². The van der Waals surface area contributed by atoms with Crippen LogP contribution in [-0.4, -0.2) is 21.9 Å². The quantitative estimate of drug-likeness (QED) is 0.386. The first-order valence-electron chi connectivity index (χ1n) is 9.27. The second kappa shape index (κ2) is 8.00. The van der Waals surface area contributed by atoms with Crippen molar-refractivity contribution in [2.75, 3.05) is 11.9 Å². The van der Waals surface area contributed by atoms with Crippen molar-refractivity contribution in [2.24, 2.45) is 0 Å². The van der Waals surface area contributed by atoms with E-state index in [2.05, 4.69) is 9.97 Å². The van der Waals surface area contributed by atoms with Crippen LogP contribution in [0.15, 0.2) is 77.6 Å². The monoisotopic (exact) mass is 398 g/mol. The van der Waals surface area contributed by atoms with Gasteiger partial charge < -0.3 is 9.88 Å². The highest BCUT2D eigenvalue weighted by Gasteiger charge is 2.18. The Morgan fingerprint density at radius 3 is 2.50 bits per heavy atom. The van der Waals surface area contributed by atoms with Crippen molar-refractivity contribution in [1.82, 2.24) is 9.97 Å². The first-order chi connectivity index (χ1) is 14.5. The van der Waals surface area contributed by atoms with Crippen LogP contribution in [0.5, 0.6) is 0 Å². The van der Waals surface area contributed by atoms with Crippen molar-refractivity contribution in [1.29, 1.82) is 0 Å². The van der Waals surface area contributed by atoms with Crippen LogP contribution < -0.4 is 10.5 Å². The largest absolute Gasteiger partial charge is 0.339 e. The summed E-state index contributed by atoms with van der Waals surface area (Å²) in [5.41, 5.74) is 3.14. The van der Waals surface area contributed by atoms with E-state index in [4.69, 9.17) is 0 Å². The molecule has 3 aromatic carbocycles. The number of fused-ring (bicyclic) bond motifs is 1. The van der Waals surface area contributed by atoms with Crippen LogP contribution in [0.4, 0.5) is 17.1 Å². The van der Waals surface area contributed by atoms with Crippen LogP contribution in [0.1, 0.15) is 11.3 Å². The molecule has 4 rings (SSSR count). The van der Waals surface area contributed by atoms with Gasteiger partial charge in [0, 0.05) is 18.8 Å². The number of para-hydroxylation sites is 3. The number of nitro benzene ring substituents is 1. The summed E-state index contributed by atoms with van der Waals surface area (Å²) >= 11 is 0. The Morgan fingerprint density at radius 1 is 1.00 bits per heavy atom. The van der Waals surface area contributed by atoms with E-state index in [1.54, 1.807) is 42.3 Å². The highest BCUT2D eigenvalue weighted by molar-refractivity contribution is 5.79. The third-order valence-corrected chi connectivity index (χ3v) is 4.76. The van der Waals surface area contributed by atoms with E-state index in [0.29, 0.717) is 22.3 Å². The summed E-state index contributed by atoms with van der Waals surface area (Å²) < 4.78 is 0. The molecule has 0 saturated heterocycles. The minimum absolute atomic E-state index is 0.0242. The Hall–Kier alpha value is -4.26. The minimum atomic E-state index is -0.410. The molecular formula is C23H18N4O3. The van der Waals surface area contributed by atoms with E-state index < -0.39 is 4.92 Å². The highest BCUT2D eigenvalue weighted by atomic mass is 16.6. The Kier molecular flexibility index (Phi) is 5.09. The zero-order valence-corrected chi connectivity index (χ0v) is 16.1. The number of anilines is 2. The van der Waals surface area contributed by atoms with Gasteiger partial charge in [0.1, 0.15) is 11.4 Å². The summed E-state index contributed by atoms with van der Waals surface area (Å²) in [4.78, 5) is 32.4. The number of aromatic nitrogens is 2. The Bertz CT molecular complexity index is 1310. The lowest BCUT2D eigenvalue weighted by molar-refractivity contribution is -0.384. The van der Waals surface area contributed by atoms with Crippen LogP contribution >= 0.6 is 0 Å². The van der Waals surface area contributed by atoms with E-state index in [1.807, 2.05) is 48.5 Å². The molecule has 0 fully saturated rings. The second-order valence-corrected chi connectivity index (χ2v) is 6.70. The molecule has 1 N–H and O–H groups in total. The minimum Gasteiger partial charge on any atom is -0.339 e. The van der Waals surface area contributed by atoms with Crippen LogP contribution in [0.25, 0.3) is 23.2 Å². The molecule has 1 aromatic heterocycles. The molecule has 0 bridgehead atoms. The van der Waals surface area contributed by atoms with Crippen LogP contribution in [-0.2, 0) is 0 Å². The molecule has 30 heavy (non-hydrogen) atoms. The molecule has 0 radical (unpaired) electrons. The lowest BCUT2D eigenvalue weighted by Gasteiger charge is -2.19. The van der Waals surface area contributed by atoms with Gasteiger partial charge in [-0.05, 0) is 42.0 Å². The predicted octanol–water partition coefficient (Wildman–Crippen LogP) is 4.77. The number of nitro groups is 1. The van der Waals surface area contributed by atoms with Gasteiger partial charge in [-0.25, -0.2) is 4.98 Å². The fraction of sp³-hybridized carbons (Fsp3) is 0.0435. The number of nitrogens with zero attached hydrogens (tertiary/aromatic N) is 3. The van der Waals surface area contributed by atoms with Gasteiger partial charge in [-0.1, -0.05) is 42.5 Å². The molecule has 0 aliphatic carbocycles. The Balaban J connectivity index is 1.69. The molecule has 1 heterocycles. The number of H-pyrrole nitrogens is 1. The van der Waals surface area contributed by atoms with E-state index in [-0.39, 0.29) is 16.9 Å². The number of hydrogen-bond acceptors (Lipinski definition) is 5. The summed E-state index contributed by atoms with van der Waals surface area (Å²) in [7, 11) is 1.78. The van der Waals surface area contributed by atoms with Crippen LogP contribution in [0, 0.1) is 10.1 Å². The lowest BCUT2D eigenvalue weighted by atomic mass is 10.1. The molecule has 0 saturated carbocycles. The molecule has 7 nitrogen and oxygen atoms in total. The zero-order chi connectivity index (χ0) is 21.1. The molecule has 7 heteroatoms. The molecule has 0 unspecified atom stereocenters. The smallest absolute Gasteiger partial charge is 0.293 e. The van der Waals surface area contributed by atoms with E-state index in [1.165, 1.54) is 6.07 Å². The standard InChI is InChI=1S/C23H18N4O3/c1-26(17-7-3-2-4-8-17)21-14-12-16(15-22(21)27(29)30)11-13-20-23(28)25-19-10-6-5-9-18(19)24-20/h2-15H,1H3,(H,25,28)/b13-11+. The molecule has 0 aliphatic heterocycles. The average molecular weight is 398 g/mol. The topological polar surface area (TPSA) is 92.1 Å². The van der Waals surface area contributed by atoms with Gasteiger partial charge in [-0.2, -0.15) is 0 Å². The SMILES string of the molecule is CN(c1ccccc1)c1ccc(/C=C/c2nc3ccccc3[nH]c2=O)cc1[N+](=O)[O-]. The number of aromatic amines is 1. The van der Waals surface area contributed by atoms with Gasteiger partial charge in [0.15, 0.2) is 0 Å². The van der Waals surface area contributed by atoms with Gasteiger partial charge >= 0.3 is 0 Å². The Morgan fingerprint density at radius 2 is 1.73 bits per heavy atom. The lowest BCUT2D eigenvalue weighted by Crippen LogP contribution is -2.12. The average Bonchev–Trinajstić information content (AvgIpc) is 2.77. The third-order valence-electron chi connectivity index (χ3n) is 4.76. The second-order valence-electron chi connectivity index (χ2n) is 6.70. The van der Waals surface area contributed by atoms with Gasteiger partial charge in [0.25, 0.3) is 11.2 Å². The number of rotatable bonds is 5. The fourth-order valence-corrected chi connectivity index (χ4v) is 3.20. The third kappa shape index (κ3) is 3.81. The predicted molar refractivity (Wildman–Crippen MR) is 119 cm³/mol. The van der Waals surface area contributed by atoms with Crippen molar-refractivity contribution >= 4 is 40.2 Å². The molecule has 0 amide bonds. The number of nitrogens with one attached hydrogen (secondary N) is 1. The summed E-state index contributed by atoms with van der Waals surface area (Å²) in [6.45, 7) is 0. The summed E-state index contributed by atoms with van der Waals surface area (Å²) in [6.07, 6.45) is 3.20. The molecule has 148 valence electrons. The maximum atomic E-state index is 12.2. The van der Waals surface area contributed by atoms with Crippen molar-refractivity contribution in [3.8, 4) is 0 Å². The van der Waals surface area contributed by atoms with E-state index >= 15 is 0 Å². The van der Waals surface area contributed by atoms with Gasteiger partial charge in [0.05, 0.1) is 16.0 Å². The zero-order valence-electron chi connectivity index (χ0n) is 16.1. The first kappa shape index (κ1) is 19.1. The van der Waals surface area contributed by atoms with E-state index in [0.717, 1.165) is 5.69 Å². The van der Waals surface area contributed by atoms with E-state index in [9.17, 15) is 14.9 Å². The van der Waals surface area contributed by atoms with Crippen molar-refractivity contribution in [3.63, 3.8) is 0 Å². The first-order valence-corrected chi connectivity index (χ1v) is 9.27. The van der Waals surface area contributed by atoms with Crippen molar-refractivity contribution in [2.45, 2.75) is 0 Å². The Labute approximate surface area is 172 Å². The molecule has 4 aromatic rings. The molecular weight excluding hydrogens is 380 g/mol. The van der Waals surface area contributed by atoms with Crippen LogP contribution in [0.2, 0.25) is 0 Å². The maximum absolute atomic E-state index is 12.2. The summed E-state index contributed by atoms with van der Waals surface area (Å²) in [6, 6.07) is 21.6. The number of benzene rings is 3. The normalized spacial score (nSPS) is 11.1. The highest BCUT2D eigenvalue weighted by Crippen LogP contribution is 2.33. The van der Waals surface area contributed by atoms with Crippen LogP contribution in [0.3, 0.4) is 0 Å². The summed E-state index contributed by atoms with van der Waals surface area (Å²) in [5, 5.41) is 11.7. The van der Waals surface area contributed by atoms with Gasteiger partial charge in [-0.3, -0.25) is 14.9 Å². The molecule has 0 atom stereocenters. The fourth-order valence-electron chi connectivity index (χ4n) is 3.20. The molecule has 0 aliphatic rings. The maximum Gasteiger partial charge on any atom is 0.293 e. The van der Waals surface area contributed by atoms with Crippen molar-refractivity contribution < 1.29 is 4.92 Å².